The molecule has 110 valence electrons. The van der Waals surface area contributed by atoms with Crippen molar-refractivity contribution in [1.82, 2.24) is 0 Å². The van der Waals surface area contributed by atoms with Crippen molar-refractivity contribution in [3.8, 4) is 0 Å². The number of ether oxygens (including phenoxy) is 1. The summed E-state index contributed by atoms with van der Waals surface area (Å²) in [7, 11) is 3.59. The van der Waals surface area contributed by atoms with E-state index in [2.05, 4.69) is 59.7 Å². The van der Waals surface area contributed by atoms with E-state index in [-0.39, 0.29) is 17.9 Å². The Morgan fingerprint density at radius 1 is 1.35 bits per heavy atom. The Morgan fingerprint density at radius 2 is 2.05 bits per heavy atom. The molecule has 0 aromatic heterocycles. The Balaban J connectivity index is 2.25. The lowest BCUT2D eigenvalue weighted by Gasteiger charge is -2.38. The van der Waals surface area contributed by atoms with Crippen LogP contribution in [0, 0.1) is 16.4 Å². The highest BCUT2D eigenvalue weighted by Crippen LogP contribution is 2.33. The van der Waals surface area contributed by atoms with Crippen LogP contribution in [0.15, 0.2) is 18.2 Å². The molecule has 20 heavy (non-hydrogen) atoms. The average Bonchev–Trinajstić information content (AvgIpc) is 2.46. The smallest absolute Gasteiger partial charge is 0.310 e. The van der Waals surface area contributed by atoms with Gasteiger partial charge in [-0.25, -0.2) is 0 Å². The zero-order valence-corrected chi connectivity index (χ0v) is 14.5. The summed E-state index contributed by atoms with van der Waals surface area (Å²) in [5, 5.41) is 0. The van der Waals surface area contributed by atoms with Gasteiger partial charge >= 0.3 is 5.97 Å². The molecule has 0 unspecified atom stereocenters. The molecule has 0 N–H and O–H groups in total. The monoisotopic (exact) mass is 387 g/mol. The summed E-state index contributed by atoms with van der Waals surface area (Å²) in [6.45, 7) is 2.10. The minimum Gasteiger partial charge on any atom is -0.469 e. The molecule has 0 bridgehead atoms. The van der Waals surface area contributed by atoms with Gasteiger partial charge in [0.2, 0.25) is 0 Å². The second-order valence-corrected chi connectivity index (χ2v) is 6.71. The summed E-state index contributed by atoms with van der Waals surface area (Å²) in [5.41, 5.74) is 2.47. The van der Waals surface area contributed by atoms with Crippen molar-refractivity contribution in [3.05, 3.63) is 27.3 Å². The zero-order chi connectivity index (χ0) is 14.7. The number of hydrogen-bond acceptors (Lipinski definition) is 3. The number of hydrogen-bond donors (Lipinski definition) is 0. The molecular weight excluding hydrogens is 365 g/mol. The fourth-order valence-electron chi connectivity index (χ4n) is 3.08. The summed E-state index contributed by atoms with van der Waals surface area (Å²) >= 11 is 2.37. The lowest BCUT2D eigenvalue weighted by atomic mass is 9.83. The van der Waals surface area contributed by atoms with E-state index in [0.29, 0.717) is 0 Å². The first-order valence-corrected chi connectivity index (χ1v) is 8.19. The lowest BCUT2D eigenvalue weighted by Crippen LogP contribution is -2.44. The number of nitrogens with zero attached hydrogens (tertiary/aromatic N) is 1. The Bertz CT molecular complexity index is 489. The number of rotatable bonds is 3. The van der Waals surface area contributed by atoms with Gasteiger partial charge in [-0.1, -0.05) is 18.9 Å². The quantitative estimate of drug-likeness (QED) is 0.584. The van der Waals surface area contributed by atoms with Crippen molar-refractivity contribution in [2.45, 2.75) is 38.6 Å². The van der Waals surface area contributed by atoms with Gasteiger partial charge in [-0.05, 0) is 60.1 Å². The Morgan fingerprint density at radius 3 is 2.70 bits per heavy atom. The molecule has 2 atom stereocenters. The normalized spacial score (nSPS) is 22.4. The van der Waals surface area contributed by atoms with Gasteiger partial charge in [-0.3, -0.25) is 4.79 Å². The maximum atomic E-state index is 12.0. The van der Waals surface area contributed by atoms with Crippen LogP contribution in [-0.4, -0.2) is 26.2 Å². The SMILES string of the molecule is COC(=O)[C@@H]1CCCC[C@@H]1N(C)c1ccc(C)cc1I. The molecule has 2 rings (SSSR count). The molecule has 1 aliphatic rings. The number of carbonyl (C=O) groups is 1. The van der Waals surface area contributed by atoms with Crippen molar-refractivity contribution in [2.24, 2.45) is 5.92 Å². The summed E-state index contributed by atoms with van der Waals surface area (Å²) in [6, 6.07) is 6.71. The summed E-state index contributed by atoms with van der Waals surface area (Å²) in [5.74, 6) is -0.0699. The van der Waals surface area contributed by atoms with Gasteiger partial charge < -0.3 is 9.64 Å². The summed E-state index contributed by atoms with van der Waals surface area (Å²) < 4.78 is 6.22. The van der Waals surface area contributed by atoms with Gasteiger partial charge in [0.1, 0.15) is 0 Å². The van der Waals surface area contributed by atoms with E-state index in [0.717, 1.165) is 19.3 Å². The first-order chi connectivity index (χ1) is 9.54. The highest BCUT2D eigenvalue weighted by Gasteiger charge is 2.34. The van der Waals surface area contributed by atoms with Gasteiger partial charge in [0, 0.05) is 16.7 Å². The Labute approximate surface area is 134 Å². The minimum atomic E-state index is -0.0660. The molecule has 0 aliphatic heterocycles. The minimum absolute atomic E-state index is 0.00384. The number of methoxy groups -OCH3 is 1. The third kappa shape index (κ3) is 3.27. The van der Waals surface area contributed by atoms with Crippen LogP contribution in [0.4, 0.5) is 5.69 Å². The van der Waals surface area contributed by atoms with Crippen molar-refractivity contribution in [2.75, 3.05) is 19.1 Å². The van der Waals surface area contributed by atoms with E-state index in [1.54, 1.807) is 0 Å². The van der Waals surface area contributed by atoms with E-state index >= 15 is 0 Å². The molecule has 0 radical (unpaired) electrons. The van der Waals surface area contributed by atoms with Crippen LogP contribution >= 0.6 is 22.6 Å². The van der Waals surface area contributed by atoms with Crippen molar-refractivity contribution in [1.29, 1.82) is 0 Å². The predicted octanol–water partition coefficient (Wildman–Crippen LogP) is 3.77. The molecular formula is C16H22INO2. The molecule has 0 saturated heterocycles. The van der Waals surface area contributed by atoms with Crippen molar-refractivity contribution < 1.29 is 9.53 Å². The third-order valence-corrected chi connectivity index (χ3v) is 5.08. The maximum Gasteiger partial charge on any atom is 0.310 e. The van der Waals surface area contributed by atoms with Crippen LogP contribution in [0.1, 0.15) is 31.2 Å². The van der Waals surface area contributed by atoms with Crippen LogP contribution in [-0.2, 0) is 9.53 Å². The average molecular weight is 387 g/mol. The zero-order valence-electron chi connectivity index (χ0n) is 12.4. The number of anilines is 1. The molecule has 1 saturated carbocycles. The topological polar surface area (TPSA) is 29.5 Å². The van der Waals surface area contributed by atoms with Crippen LogP contribution in [0.25, 0.3) is 0 Å². The first-order valence-electron chi connectivity index (χ1n) is 7.11. The Hall–Kier alpha value is -0.780. The highest BCUT2D eigenvalue weighted by atomic mass is 127. The molecule has 4 heteroatoms. The Kier molecular flexibility index (Phi) is 5.29. The predicted molar refractivity (Wildman–Crippen MR) is 90.1 cm³/mol. The second kappa shape index (κ2) is 6.78. The summed E-state index contributed by atoms with van der Waals surface area (Å²) in [6.07, 6.45) is 4.30. The van der Waals surface area contributed by atoms with E-state index in [1.165, 1.54) is 28.4 Å². The van der Waals surface area contributed by atoms with Crippen LogP contribution < -0.4 is 4.90 Å². The largest absolute Gasteiger partial charge is 0.469 e. The van der Waals surface area contributed by atoms with E-state index in [9.17, 15) is 4.79 Å². The van der Waals surface area contributed by atoms with Gasteiger partial charge in [0.15, 0.2) is 0 Å². The fourth-order valence-corrected chi connectivity index (χ4v) is 4.13. The standard InChI is InChI=1S/C16H22INO2/c1-11-8-9-15(13(17)10-11)18(2)14-7-5-4-6-12(14)16(19)20-3/h8-10,12,14H,4-7H2,1-3H3/t12-,14+/m1/s1. The molecule has 1 aromatic carbocycles. The fraction of sp³-hybridized carbons (Fsp3) is 0.562. The van der Waals surface area contributed by atoms with Crippen LogP contribution in [0.3, 0.4) is 0 Å². The van der Waals surface area contributed by atoms with Gasteiger partial charge in [-0.15, -0.1) is 0 Å². The first kappa shape index (κ1) is 15.6. The van der Waals surface area contributed by atoms with Gasteiger partial charge in [-0.2, -0.15) is 0 Å². The number of carbonyl (C=O) groups excluding carboxylic acids is 1. The molecule has 1 aliphatic carbocycles. The number of aryl methyl sites for hydroxylation is 1. The van der Waals surface area contributed by atoms with E-state index < -0.39 is 0 Å². The van der Waals surface area contributed by atoms with Crippen molar-refractivity contribution >= 4 is 34.2 Å². The number of halogens is 1. The maximum absolute atomic E-state index is 12.0. The molecule has 0 spiro atoms. The van der Waals surface area contributed by atoms with Gasteiger partial charge in [0.05, 0.1) is 18.7 Å². The molecule has 1 fully saturated rings. The highest BCUT2D eigenvalue weighted by molar-refractivity contribution is 14.1. The third-order valence-electron chi connectivity index (χ3n) is 4.21. The van der Waals surface area contributed by atoms with E-state index in [1.807, 2.05) is 0 Å². The molecule has 0 amide bonds. The molecule has 0 heterocycles. The van der Waals surface area contributed by atoms with Crippen molar-refractivity contribution in [3.63, 3.8) is 0 Å². The van der Waals surface area contributed by atoms with Gasteiger partial charge in [0.25, 0.3) is 0 Å². The van der Waals surface area contributed by atoms with Crippen LogP contribution in [0.5, 0.6) is 0 Å². The molecule has 3 nitrogen and oxygen atoms in total. The second-order valence-electron chi connectivity index (χ2n) is 5.55. The lowest BCUT2D eigenvalue weighted by molar-refractivity contribution is -0.147. The summed E-state index contributed by atoms with van der Waals surface area (Å²) in [4.78, 5) is 14.3. The molecule has 1 aromatic rings. The number of esters is 1. The number of benzene rings is 1. The van der Waals surface area contributed by atoms with Crippen LogP contribution in [0.2, 0.25) is 0 Å². The van der Waals surface area contributed by atoms with E-state index in [4.69, 9.17) is 4.74 Å².